The van der Waals surface area contributed by atoms with E-state index in [-0.39, 0.29) is 11.2 Å². The molecule has 72 valence electrons. The standard InChI is InChI=1S/C8H12N2OS2/c1-5-4-12-8(10-5)13-6(2)7(11)9-3/h4,6H,1-3H3,(H,9,11). The van der Waals surface area contributed by atoms with Crippen molar-refractivity contribution in [3.8, 4) is 0 Å². The minimum atomic E-state index is -0.0736. The summed E-state index contributed by atoms with van der Waals surface area (Å²) in [7, 11) is 1.65. The fourth-order valence-corrected chi connectivity index (χ4v) is 2.84. The van der Waals surface area contributed by atoms with Gasteiger partial charge in [0.15, 0.2) is 4.34 Å². The van der Waals surface area contributed by atoms with E-state index >= 15 is 0 Å². The second-order valence-electron chi connectivity index (χ2n) is 2.63. The summed E-state index contributed by atoms with van der Waals surface area (Å²) >= 11 is 3.07. The van der Waals surface area contributed by atoms with Crippen LogP contribution in [0.25, 0.3) is 0 Å². The molecule has 0 bridgehead atoms. The highest BCUT2D eigenvalue weighted by atomic mass is 32.2. The fraction of sp³-hybridized carbons (Fsp3) is 0.500. The maximum absolute atomic E-state index is 11.2. The summed E-state index contributed by atoms with van der Waals surface area (Å²) < 4.78 is 0.952. The molecular formula is C8H12N2OS2. The van der Waals surface area contributed by atoms with E-state index in [1.165, 1.54) is 11.8 Å². The topological polar surface area (TPSA) is 42.0 Å². The van der Waals surface area contributed by atoms with Gasteiger partial charge in [0.1, 0.15) is 0 Å². The van der Waals surface area contributed by atoms with Gasteiger partial charge in [0.05, 0.1) is 5.25 Å². The van der Waals surface area contributed by atoms with Crippen molar-refractivity contribution in [2.75, 3.05) is 7.05 Å². The van der Waals surface area contributed by atoms with Crippen LogP contribution in [-0.4, -0.2) is 23.2 Å². The van der Waals surface area contributed by atoms with Gasteiger partial charge < -0.3 is 5.32 Å². The lowest BCUT2D eigenvalue weighted by Gasteiger charge is -2.05. The fourth-order valence-electron chi connectivity index (χ4n) is 0.795. The Labute approximate surface area is 86.0 Å². The number of nitrogens with one attached hydrogen (secondary N) is 1. The summed E-state index contributed by atoms with van der Waals surface area (Å²) in [6.45, 7) is 3.82. The zero-order valence-corrected chi connectivity index (χ0v) is 9.46. The zero-order valence-electron chi connectivity index (χ0n) is 7.83. The van der Waals surface area contributed by atoms with Gasteiger partial charge in [-0.1, -0.05) is 11.8 Å². The summed E-state index contributed by atoms with van der Waals surface area (Å²) in [5.74, 6) is 0.0397. The van der Waals surface area contributed by atoms with E-state index in [2.05, 4.69) is 10.3 Å². The summed E-state index contributed by atoms with van der Waals surface area (Å²) in [6, 6.07) is 0. The third-order valence-electron chi connectivity index (χ3n) is 1.49. The molecular weight excluding hydrogens is 204 g/mol. The number of amides is 1. The van der Waals surface area contributed by atoms with Crippen molar-refractivity contribution in [3.63, 3.8) is 0 Å². The number of rotatable bonds is 3. The van der Waals surface area contributed by atoms with Crippen LogP contribution in [0.4, 0.5) is 0 Å². The first-order valence-electron chi connectivity index (χ1n) is 3.94. The predicted molar refractivity (Wildman–Crippen MR) is 56.2 cm³/mol. The molecule has 1 aromatic rings. The van der Waals surface area contributed by atoms with Gasteiger partial charge in [0, 0.05) is 18.1 Å². The molecule has 13 heavy (non-hydrogen) atoms. The lowest BCUT2D eigenvalue weighted by atomic mass is 10.4. The molecule has 0 saturated heterocycles. The molecule has 1 rings (SSSR count). The number of nitrogens with zero attached hydrogens (tertiary/aromatic N) is 1. The van der Waals surface area contributed by atoms with E-state index in [0.717, 1.165) is 10.0 Å². The Kier molecular flexibility index (Phi) is 3.74. The third kappa shape index (κ3) is 3.00. The van der Waals surface area contributed by atoms with Gasteiger partial charge >= 0.3 is 0 Å². The van der Waals surface area contributed by atoms with Gasteiger partial charge in [0.2, 0.25) is 5.91 Å². The number of thioether (sulfide) groups is 1. The molecule has 5 heteroatoms. The summed E-state index contributed by atoms with van der Waals surface area (Å²) in [6.07, 6.45) is 0. The van der Waals surface area contributed by atoms with E-state index in [1.807, 2.05) is 19.2 Å². The van der Waals surface area contributed by atoms with E-state index < -0.39 is 0 Å². The number of aryl methyl sites for hydroxylation is 1. The number of aromatic nitrogens is 1. The molecule has 1 heterocycles. The van der Waals surface area contributed by atoms with Crippen LogP contribution in [0.5, 0.6) is 0 Å². The number of carbonyl (C=O) groups excluding carboxylic acids is 1. The highest BCUT2D eigenvalue weighted by Crippen LogP contribution is 2.26. The number of hydrogen-bond acceptors (Lipinski definition) is 4. The maximum Gasteiger partial charge on any atom is 0.233 e. The second kappa shape index (κ2) is 4.62. The minimum absolute atomic E-state index is 0.0397. The first-order valence-corrected chi connectivity index (χ1v) is 5.69. The van der Waals surface area contributed by atoms with Crippen LogP contribution in [-0.2, 0) is 4.79 Å². The smallest absolute Gasteiger partial charge is 0.233 e. The number of hydrogen-bond donors (Lipinski definition) is 1. The average Bonchev–Trinajstić information content (AvgIpc) is 2.49. The summed E-state index contributed by atoms with van der Waals surface area (Å²) in [5, 5.41) is 4.52. The van der Waals surface area contributed by atoms with E-state index in [0.29, 0.717) is 0 Å². The van der Waals surface area contributed by atoms with Crippen LogP contribution in [0.1, 0.15) is 12.6 Å². The van der Waals surface area contributed by atoms with Crippen molar-refractivity contribution >= 4 is 29.0 Å². The Balaban J connectivity index is 2.54. The van der Waals surface area contributed by atoms with Gasteiger partial charge in [-0.15, -0.1) is 11.3 Å². The largest absolute Gasteiger partial charge is 0.358 e. The quantitative estimate of drug-likeness (QED) is 0.782. The maximum atomic E-state index is 11.2. The molecule has 0 aliphatic carbocycles. The van der Waals surface area contributed by atoms with Crippen LogP contribution in [0.3, 0.4) is 0 Å². The number of thiazole rings is 1. The lowest BCUT2D eigenvalue weighted by Crippen LogP contribution is -2.27. The summed E-state index contributed by atoms with van der Waals surface area (Å²) in [4.78, 5) is 15.4. The molecule has 0 aliphatic heterocycles. The van der Waals surface area contributed by atoms with Crippen LogP contribution in [0, 0.1) is 6.92 Å². The Hall–Kier alpha value is -0.550. The average molecular weight is 216 g/mol. The van der Waals surface area contributed by atoms with Crippen molar-refractivity contribution in [2.24, 2.45) is 0 Å². The SMILES string of the molecule is CNC(=O)C(C)Sc1nc(C)cs1. The lowest BCUT2D eigenvalue weighted by molar-refractivity contribution is -0.119. The van der Waals surface area contributed by atoms with Crippen molar-refractivity contribution in [1.82, 2.24) is 10.3 Å². The molecule has 0 spiro atoms. The Morgan fingerprint density at radius 2 is 2.46 bits per heavy atom. The van der Waals surface area contributed by atoms with Crippen molar-refractivity contribution in [1.29, 1.82) is 0 Å². The van der Waals surface area contributed by atoms with Crippen molar-refractivity contribution in [3.05, 3.63) is 11.1 Å². The van der Waals surface area contributed by atoms with Gasteiger partial charge in [-0.05, 0) is 13.8 Å². The molecule has 1 amide bonds. The van der Waals surface area contributed by atoms with Gasteiger partial charge in [-0.3, -0.25) is 4.79 Å². The molecule has 3 nitrogen and oxygen atoms in total. The Morgan fingerprint density at radius 3 is 2.92 bits per heavy atom. The van der Waals surface area contributed by atoms with Crippen LogP contribution < -0.4 is 5.32 Å². The first-order chi connectivity index (χ1) is 6.13. The zero-order chi connectivity index (χ0) is 9.84. The van der Waals surface area contributed by atoms with E-state index in [1.54, 1.807) is 18.4 Å². The molecule has 0 radical (unpaired) electrons. The van der Waals surface area contributed by atoms with Crippen LogP contribution in [0.2, 0.25) is 0 Å². The predicted octanol–water partition coefficient (Wildman–Crippen LogP) is 1.68. The summed E-state index contributed by atoms with van der Waals surface area (Å²) in [5.41, 5.74) is 1.01. The molecule has 0 aromatic carbocycles. The monoisotopic (exact) mass is 216 g/mol. The first kappa shape index (κ1) is 10.5. The second-order valence-corrected chi connectivity index (χ2v) is 5.08. The molecule has 0 saturated carbocycles. The van der Waals surface area contributed by atoms with Gasteiger partial charge in [-0.2, -0.15) is 0 Å². The van der Waals surface area contributed by atoms with E-state index in [9.17, 15) is 4.79 Å². The minimum Gasteiger partial charge on any atom is -0.358 e. The molecule has 0 fully saturated rings. The van der Waals surface area contributed by atoms with Crippen molar-refractivity contribution < 1.29 is 4.79 Å². The molecule has 1 N–H and O–H groups in total. The highest BCUT2D eigenvalue weighted by Gasteiger charge is 2.13. The molecule has 0 aliphatic rings. The number of carbonyl (C=O) groups is 1. The van der Waals surface area contributed by atoms with Gasteiger partial charge in [-0.25, -0.2) is 4.98 Å². The molecule has 1 unspecified atom stereocenters. The van der Waals surface area contributed by atoms with E-state index in [4.69, 9.17) is 0 Å². The van der Waals surface area contributed by atoms with Crippen molar-refractivity contribution in [2.45, 2.75) is 23.4 Å². The third-order valence-corrected chi connectivity index (χ3v) is 3.68. The normalized spacial score (nSPS) is 12.5. The highest BCUT2D eigenvalue weighted by molar-refractivity contribution is 8.02. The van der Waals surface area contributed by atoms with Crippen LogP contribution in [0.15, 0.2) is 9.72 Å². The molecule has 1 aromatic heterocycles. The Morgan fingerprint density at radius 1 is 1.77 bits per heavy atom. The van der Waals surface area contributed by atoms with Gasteiger partial charge in [0.25, 0.3) is 0 Å². The van der Waals surface area contributed by atoms with Crippen LogP contribution >= 0.6 is 23.1 Å². The Bertz CT molecular complexity index is 298. The molecule has 1 atom stereocenters.